The molecule has 0 aliphatic rings. The lowest BCUT2D eigenvalue weighted by Gasteiger charge is -2.36. The molecule has 0 spiro atoms. The first kappa shape index (κ1) is 16.5. The predicted octanol–water partition coefficient (Wildman–Crippen LogP) is 2.24. The summed E-state index contributed by atoms with van der Waals surface area (Å²) in [5.41, 5.74) is 0. The zero-order chi connectivity index (χ0) is 14.1. The van der Waals surface area contributed by atoms with Crippen LogP contribution in [0.15, 0.2) is 0 Å². The summed E-state index contributed by atoms with van der Waals surface area (Å²) in [5, 5.41) is 0. The molecule has 2 nitrogen and oxygen atoms in total. The Balaban J connectivity index is 5.15. The molecule has 0 bridgehead atoms. The van der Waals surface area contributed by atoms with Crippen LogP contribution in [0.4, 0.5) is 26.3 Å². The van der Waals surface area contributed by atoms with Crippen molar-refractivity contribution < 1.29 is 35.6 Å². The number of methoxy groups -OCH3 is 1. The standard InChI is InChI=1S/C9H16F6NO/c1-16(2,3)5-7(10,11)9(14,15)8(12,13)6-17-4/h5-6H2,1-4H3/q+1. The molecule has 0 radical (unpaired) electrons. The predicted molar refractivity (Wildman–Crippen MR) is 49.6 cm³/mol. The van der Waals surface area contributed by atoms with Crippen LogP contribution >= 0.6 is 0 Å². The van der Waals surface area contributed by atoms with Crippen molar-refractivity contribution in [3.05, 3.63) is 0 Å². The largest absolute Gasteiger partial charge is 0.380 e. The third-order valence-electron chi connectivity index (χ3n) is 1.92. The third kappa shape index (κ3) is 3.74. The van der Waals surface area contributed by atoms with Crippen molar-refractivity contribution in [2.45, 2.75) is 17.8 Å². The lowest BCUT2D eigenvalue weighted by Crippen LogP contribution is -2.61. The Morgan fingerprint density at radius 2 is 1.29 bits per heavy atom. The van der Waals surface area contributed by atoms with Gasteiger partial charge in [-0.1, -0.05) is 0 Å². The maximum atomic E-state index is 13.2. The minimum Gasteiger partial charge on any atom is -0.378 e. The molecule has 0 aromatic carbocycles. The molecule has 0 unspecified atom stereocenters. The van der Waals surface area contributed by atoms with E-state index in [0.29, 0.717) is 0 Å². The van der Waals surface area contributed by atoms with Gasteiger partial charge in [0.1, 0.15) is 13.2 Å². The maximum Gasteiger partial charge on any atom is 0.380 e. The van der Waals surface area contributed by atoms with Crippen molar-refractivity contribution in [3.8, 4) is 0 Å². The van der Waals surface area contributed by atoms with E-state index < -0.39 is 35.4 Å². The van der Waals surface area contributed by atoms with Crippen molar-refractivity contribution in [2.24, 2.45) is 0 Å². The first-order chi connectivity index (χ1) is 7.27. The van der Waals surface area contributed by atoms with E-state index in [4.69, 9.17) is 0 Å². The molecule has 104 valence electrons. The number of quaternary nitrogens is 1. The molecular weight excluding hydrogens is 252 g/mol. The van der Waals surface area contributed by atoms with Gasteiger partial charge in [0.15, 0.2) is 0 Å². The van der Waals surface area contributed by atoms with Crippen molar-refractivity contribution in [2.75, 3.05) is 41.4 Å². The van der Waals surface area contributed by atoms with Crippen molar-refractivity contribution in [3.63, 3.8) is 0 Å². The van der Waals surface area contributed by atoms with Crippen LogP contribution in [-0.4, -0.2) is 63.7 Å². The Kier molecular flexibility index (Phi) is 4.50. The molecule has 0 fully saturated rings. The molecule has 0 aliphatic carbocycles. The smallest absolute Gasteiger partial charge is 0.378 e. The van der Waals surface area contributed by atoms with E-state index in [1.165, 1.54) is 21.1 Å². The molecule has 0 saturated carbocycles. The van der Waals surface area contributed by atoms with Crippen molar-refractivity contribution >= 4 is 0 Å². The van der Waals surface area contributed by atoms with Gasteiger partial charge in [0.2, 0.25) is 0 Å². The lowest BCUT2D eigenvalue weighted by molar-refractivity contribution is -0.880. The third-order valence-corrected chi connectivity index (χ3v) is 1.92. The number of alkyl halides is 6. The maximum absolute atomic E-state index is 13.2. The summed E-state index contributed by atoms with van der Waals surface area (Å²) in [6.45, 7) is -3.16. The van der Waals surface area contributed by atoms with Gasteiger partial charge in [0, 0.05) is 7.11 Å². The quantitative estimate of drug-likeness (QED) is 0.530. The second kappa shape index (κ2) is 4.64. The summed E-state index contributed by atoms with van der Waals surface area (Å²) in [6.07, 6.45) is 0. The van der Waals surface area contributed by atoms with E-state index in [-0.39, 0.29) is 0 Å². The van der Waals surface area contributed by atoms with Crippen LogP contribution in [-0.2, 0) is 4.74 Å². The van der Waals surface area contributed by atoms with Gasteiger partial charge < -0.3 is 9.22 Å². The Morgan fingerprint density at radius 1 is 0.882 bits per heavy atom. The SMILES string of the molecule is COCC(F)(F)C(F)(F)C(F)(F)C[N+](C)(C)C. The zero-order valence-electron chi connectivity index (χ0n) is 10.0. The van der Waals surface area contributed by atoms with Gasteiger partial charge >= 0.3 is 17.8 Å². The molecule has 0 amide bonds. The van der Waals surface area contributed by atoms with E-state index in [0.717, 1.165) is 7.11 Å². The average Bonchev–Trinajstić information content (AvgIpc) is 1.98. The average molecular weight is 268 g/mol. The Bertz CT molecular complexity index is 261. The van der Waals surface area contributed by atoms with Gasteiger partial charge in [-0.2, -0.15) is 26.3 Å². The number of halogens is 6. The highest BCUT2D eigenvalue weighted by Gasteiger charge is 2.73. The minimum atomic E-state index is -5.46. The first-order valence-corrected chi connectivity index (χ1v) is 4.70. The topological polar surface area (TPSA) is 9.23 Å². The van der Waals surface area contributed by atoms with E-state index >= 15 is 0 Å². The molecule has 17 heavy (non-hydrogen) atoms. The lowest BCUT2D eigenvalue weighted by atomic mass is 10.0. The molecule has 0 atom stereocenters. The van der Waals surface area contributed by atoms with Crippen LogP contribution < -0.4 is 0 Å². The number of hydrogen-bond donors (Lipinski definition) is 0. The molecule has 0 aromatic heterocycles. The highest BCUT2D eigenvalue weighted by molar-refractivity contribution is 4.96. The molecule has 0 saturated heterocycles. The summed E-state index contributed by atoms with van der Waals surface area (Å²) in [5.74, 6) is -15.2. The van der Waals surface area contributed by atoms with Crippen molar-refractivity contribution in [1.29, 1.82) is 0 Å². The monoisotopic (exact) mass is 268 g/mol. The fourth-order valence-corrected chi connectivity index (χ4v) is 1.23. The number of ether oxygens (including phenoxy) is 1. The molecule has 0 aliphatic heterocycles. The Hall–Kier alpha value is -0.500. The van der Waals surface area contributed by atoms with Gasteiger partial charge in [-0.3, -0.25) is 0 Å². The summed E-state index contributed by atoms with van der Waals surface area (Å²) < 4.78 is 81.8. The van der Waals surface area contributed by atoms with Gasteiger partial charge in [0.05, 0.1) is 21.1 Å². The van der Waals surface area contributed by atoms with Crippen LogP contribution in [0.25, 0.3) is 0 Å². The molecule has 0 N–H and O–H groups in total. The summed E-state index contributed by atoms with van der Waals surface area (Å²) in [7, 11) is 4.36. The van der Waals surface area contributed by atoms with Gasteiger partial charge in [-0.05, 0) is 0 Å². The van der Waals surface area contributed by atoms with Gasteiger partial charge in [-0.25, -0.2) is 0 Å². The Morgan fingerprint density at radius 3 is 1.59 bits per heavy atom. The molecule has 0 aromatic rings. The van der Waals surface area contributed by atoms with Crippen LogP contribution in [0.2, 0.25) is 0 Å². The Labute approximate surface area is 95.7 Å². The summed E-state index contributed by atoms with van der Waals surface area (Å²) >= 11 is 0. The van der Waals surface area contributed by atoms with Crippen LogP contribution in [0.5, 0.6) is 0 Å². The number of hydrogen-bond acceptors (Lipinski definition) is 1. The molecule has 8 heteroatoms. The van der Waals surface area contributed by atoms with Gasteiger partial charge in [-0.15, -0.1) is 0 Å². The summed E-state index contributed by atoms with van der Waals surface area (Å²) in [4.78, 5) is 0. The van der Waals surface area contributed by atoms with E-state index in [2.05, 4.69) is 4.74 Å². The van der Waals surface area contributed by atoms with Crippen molar-refractivity contribution in [1.82, 2.24) is 0 Å². The molecular formula is C9H16F6NO+. The summed E-state index contributed by atoms with van der Waals surface area (Å²) in [6, 6.07) is 0. The molecule has 0 heterocycles. The normalized spacial score (nSPS) is 15.2. The second-order valence-electron chi connectivity index (χ2n) is 4.86. The van der Waals surface area contributed by atoms with E-state index in [1.54, 1.807) is 0 Å². The second-order valence-corrected chi connectivity index (χ2v) is 4.86. The first-order valence-electron chi connectivity index (χ1n) is 4.70. The zero-order valence-corrected chi connectivity index (χ0v) is 10.0. The van der Waals surface area contributed by atoms with E-state index in [9.17, 15) is 26.3 Å². The number of rotatable bonds is 6. The van der Waals surface area contributed by atoms with E-state index in [1.807, 2.05) is 0 Å². The van der Waals surface area contributed by atoms with Crippen LogP contribution in [0.1, 0.15) is 0 Å². The number of nitrogens with zero attached hydrogens (tertiary/aromatic N) is 1. The molecule has 0 rings (SSSR count). The highest BCUT2D eigenvalue weighted by Crippen LogP contribution is 2.46. The minimum absolute atomic E-state index is 0.564. The van der Waals surface area contributed by atoms with Crippen LogP contribution in [0.3, 0.4) is 0 Å². The van der Waals surface area contributed by atoms with Gasteiger partial charge in [0.25, 0.3) is 0 Å². The van der Waals surface area contributed by atoms with Crippen LogP contribution in [0, 0.1) is 0 Å². The fraction of sp³-hybridized carbons (Fsp3) is 1.00. The fourth-order valence-electron chi connectivity index (χ4n) is 1.23. The highest BCUT2D eigenvalue weighted by atomic mass is 19.3.